The fourth-order valence-electron chi connectivity index (χ4n) is 2.39. The minimum atomic E-state index is -0.151. The Bertz CT molecular complexity index is 498. The van der Waals surface area contributed by atoms with Crippen molar-refractivity contribution in [2.24, 2.45) is 10.9 Å². The van der Waals surface area contributed by atoms with Crippen LogP contribution in [-0.2, 0) is 4.79 Å². The minimum absolute atomic E-state index is 0.135. The van der Waals surface area contributed by atoms with Crippen LogP contribution in [0.4, 0.5) is 0 Å². The maximum Gasteiger partial charge on any atom is 0.274 e. The molecule has 0 spiro atoms. The third-order valence-corrected chi connectivity index (χ3v) is 3.34. The molecule has 0 radical (unpaired) electrons. The monoisotopic (exact) mass is 260 g/mol. The van der Waals surface area contributed by atoms with Gasteiger partial charge in [0.2, 0.25) is 0 Å². The van der Waals surface area contributed by atoms with Gasteiger partial charge in [0.25, 0.3) is 5.91 Å². The van der Waals surface area contributed by atoms with E-state index in [4.69, 9.17) is 5.11 Å². The van der Waals surface area contributed by atoms with Crippen LogP contribution in [0.1, 0.15) is 20.3 Å². The Labute approximate surface area is 113 Å². The Kier molecular flexibility index (Phi) is 4.45. The quantitative estimate of drug-likeness (QED) is 0.734. The van der Waals surface area contributed by atoms with Crippen molar-refractivity contribution >= 4 is 11.6 Å². The second-order valence-corrected chi connectivity index (χ2v) is 5.04. The van der Waals surface area contributed by atoms with Crippen molar-refractivity contribution in [2.45, 2.75) is 20.3 Å². The molecule has 4 heteroatoms. The molecule has 0 fully saturated rings. The normalized spacial score (nSPS) is 22.3. The molecule has 0 saturated heterocycles. The lowest BCUT2D eigenvalue weighted by Crippen LogP contribution is -2.28. The number of nitrogens with one attached hydrogen (secondary N) is 1. The lowest BCUT2D eigenvalue weighted by atomic mass is 9.84. The first-order chi connectivity index (χ1) is 9.11. The van der Waals surface area contributed by atoms with E-state index < -0.39 is 0 Å². The second-order valence-electron chi connectivity index (χ2n) is 5.04. The highest BCUT2D eigenvalue weighted by Crippen LogP contribution is 2.27. The van der Waals surface area contributed by atoms with E-state index in [0.29, 0.717) is 25.1 Å². The van der Waals surface area contributed by atoms with Crippen molar-refractivity contribution in [1.29, 1.82) is 0 Å². The minimum Gasteiger partial charge on any atom is -0.396 e. The molecule has 0 saturated carbocycles. The van der Waals surface area contributed by atoms with Gasteiger partial charge in [-0.05, 0) is 38.5 Å². The largest absolute Gasteiger partial charge is 0.396 e. The first kappa shape index (κ1) is 13.9. The third kappa shape index (κ3) is 3.28. The number of fused-ring (bicyclic) bond motifs is 1. The lowest BCUT2D eigenvalue weighted by molar-refractivity contribution is -0.114. The molecule has 1 aliphatic carbocycles. The molecule has 102 valence electrons. The summed E-state index contributed by atoms with van der Waals surface area (Å²) in [4.78, 5) is 16.1. The molecule has 1 aliphatic heterocycles. The van der Waals surface area contributed by atoms with Crippen molar-refractivity contribution in [3.05, 3.63) is 34.9 Å². The van der Waals surface area contributed by atoms with Crippen molar-refractivity contribution < 1.29 is 9.90 Å². The number of dihydropyridines is 1. The molecule has 0 aromatic rings. The molecule has 2 aliphatic rings. The number of carbonyl (C=O) groups excluding carboxylic acids is 1. The molecule has 0 aromatic heterocycles. The van der Waals surface area contributed by atoms with E-state index in [1.807, 2.05) is 19.1 Å². The number of allylic oxidation sites excluding steroid dienone is 5. The van der Waals surface area contributed by atoms with Crippen molar-refractivity contribution in [3.8, 4) is 0 Å². The highest BCUT2D eigenvalue weighted by molar-refractivity contribution is 6.14. The van der Waals surface area contributed by atoms with E-state index in [1.165, 1.54) is 5.57 Å². The zero-order valence-corrected chi connectivity index (χ0v) is 11.4. The smallest absolute Gasteiger partial charge is 0.274 e. The summed E-state index contributed by atoms with van der Waals surface area (Å²) in [6.45, 7) is 5.47. The standard InChI is InChI=1S/C15H20N2O2/c1-10-6-11(2)13-8-12(9-16-4-3-5-18)15(19)17-14(13)7-10/h6-8,13,16,18H,3-5,9H2,1-2H3. The summed E-state index contributed by atoms with van der Waals surface area (Å²) in [5, 5.41) is 11.9. The topological polar surface area (TPSA) is 61.7 Å². The van der Waals surface area contributed by atoms with Gasteiger partial charge in [0, 0.05) is 24.6 Å². The Morgan fingerprint density at radius 3 is 2.89 bits per heavy atom. The molecule has 1 heterocycles. The van der Waals surface area contributed by atoms with Crippen LogP contribution in [0.3, 0.4) is 0 Å². The number of aliphatic hydroxyl groups is 1. The number of aliphatic imine (C=N–C) groups is 1. The number of aliphatic hydroxyl groups excluding tert-OH is 1. The first-order valence-corrected chi connectivity index (χ1v) is 6.63. The number of hydrogen-bond acceptors (Lipinski definition) is 3. The number of amides is 1. The third-order valence-electron chi connectivity index (χ3n) is 3.34. The summed E-state index contributed by atoms with van der Waals surface area (Å²) < 4.78 is 0. The number of carbonyl (C=O) groups is 1. The van der Waals surface area contributed by atoms with Gasteiger partial charge in [-0.1, -0.05) is 17.7 Å². The van der Waals surface area contributed by atoms with Crippen molar-refractivity contribution in [2.75, 3.05) is 19.7 Å². The summed E-state index contributed by atoms with van der Waals surface area (Å²) in [6, 6.07) is 0. The van der Waals surface area contributed by atoms with Crippen LogP contribution in [0, 0.1) is 5.92 Å². The summed E-state index contributed by atoms with van der Waals surface area (Å²) >= 11 is 0. The molecule has 0 aromatic carbocycles. The Balaban J connectivity index is 2.07. The van der Waals surface area contributed by atoms with Gasteiger partial charge in [-0.15, -0.1) is 0 Å². The zero-order chi connectivity index (χ0) is 13.8. The second kappa shape index (κ2) is 6.08. The Morgan fingerprint density at radius 1 is 1.37 bits per heavy atom. The van der Waals surface area contributed by atoms with Gasteiger partial charge >= 0.3 is 0 Å². The van der Waals surface area contributed by atoms with E-state index in [0.717, 1.165) is 11.3 Å². The van der Waals surface area contributed by atoms with Crippen molar-refractivity contribution in [3.63, 3.8) is 0 Å². The summed E-state index contributed by atoms with van der Waals surface area (Å²) in [5.74, 6) is -0.0162. The molecule has 19 heavy (non-hydrogen) atoms. The van der Waals surface area contributed by atoms with Gasteiger partial charge < -0.3 is 10.4 Å². The summed E-state index contributed by atoms with van der Waals surface area (Å²) in [7, 11) is 0. The lowest BCUT2D eigenvalue weighted by Gasteiger charge is -2.24. The van der Waals surface area contributed by atoms with Gasteiger partial charge in [-0.25, -0.2) is 4.99 Å². The van der Waals surface area contributed by atoms with Crippen LogP contribution in [0.25, 0.3) is 0 Å². The van der Waals surface area contributed by atoms with E-state index in [-0.39, 0.29) is 18.4 Å². The van der Waals surface area contributed by atoms with Crippen LogP contribution in [-0.4, -0.2) is 36.4 Å². The number of rotatable bonds is 5. The first-order valence-electron chi connectivity index (χ1n) is 6.63. The molecule has 2 rings (SSSR count). The van der Waals surface area contributed by atoms with Crippen LogP contribution in [0.15, 0.2) is 39.9 Å². The summed E-state index contributed by atoms with van der Waals surface area (Å²) in [5.41, 5.74) is 3.92. The fraction of sp³-hybridized carbons (Fsp3) is 0.467. The van der Waals surface area contributed by atoms with Crippen LogP contribution >= 0.6 is 0 Å². The molecule has 1 unspecified atom stereocenters. The average Bonchev–Trinajstić information content (AvgIpc) is 2.35. The molecular weight excluding hydrogens is 240 g/mol. The van der Waals surface area contributed by atoms with Crippen LogP contribution in [0.2, 0.25) is 0 Å². The van der Waals surface area contributed by atoms with Crippen molar-refractivity contribution in [1.82, 2.24) is 5.32 Å². The van der Waals surface area contributed by atoms with E-state index >= 15 is 0 Å². The van der Waals surface area contributed by atoms with Gasteiger partial charge in [0.05, 0.1) is 5.71 Å². The number of nitrogens with zero attached hydrogens (tertiary/aromatic N) is 1. The van der Waals surface area contributed by atoms with Crippen LogP contribution in [0.5, 0.6) is 0 Å². The molecule has 2 N–H and O–H groups in total. The average molecular weight is 260 g/mol. The van der Waals surface area contributed by atoms with Gasteiger partial charge in [0.15, 0.2) is 0 Å². The predicted octanol–water partition coefficient (Wildman–Crippen LogP) is 1.39. The van der Waals surface area contributed by atoms with Gasteiger partial charge in [-0.3, -0.25) is 4.79 Å². The highest BCUT2D eigenvalue weighted by atomic mass is 16.3. The Morgan fingerprint density at radius 2 is 2.16 bits per heavy atom. The van der Waals surface area contributed by atoms with E-state index in [9.17, 15) is 4.79 Å². The maximum absolute atomic E-state index is 11.9. The Hall–Kier alpha value is -1.52. The molecule has 4 nitrogen and oxygen atoms in total. The maximum atomic E-state index is 11.9. The zero-order valence-electron chi connectivity index (χ0n) is 11.4. The molecular formula is C15H20N2O2. The molecule has 0 bridgehead atoms. The van der Waals surface area contributed by atoms with E-state index in [1.54, 1.807) is 0 Å². The number of hydrogen-bond donors (Lipinski definition) is 2. The van der Waals surface area contributed by atoms with Gasteiger partial charge in [0.1, 0.15) is 0 Å². The van der Waals surface area contributed by atoms with Crippen LogP contribution < -0.4 is 5.32 Å². The fourth-order valence-corrected chi connectivity index (χ4v) is 2.39. The summed E-state index contributed by atoms with van der Waals surface area (Å²) in [6.07, 6.45) is 6.81. The molecule has 1 atom stereocenters. The highest BCUT2D eigenvalue weighted by Gasteiger charge is 2.25. The SMILES string of the molecule is CC1=CC2=NC(=O)C(CNCCCO)=CC2C(C)=C1. The van der Waals surface area contributed by atoms with Gasteiger partial charge in [-0.2, -0.15) is 0 Å². The molecule has 1 amide bonds. The van der Waals surface area contributed by atoms with E-state index in [2.05, 4.69) is 23.3 Å². The predicted molar refractivity (Wildman–Crippen MR) is 76.1 cm³/mol.